The summed E-state index contributed by atoms with van der Waals surface area (Å²) < 4.78 is 10.4. The lowest BCUT2D eigenvalue weighted by molar-refractivity contribution is 0.0769. The second kappa shape index (κ2) is 6.91. The molecular formula is C17H16N4O3. The molecule has 0 N–H and O–H groups in total. The van der Waals surface area contributed by atoms with Crippen LogP contribution < -0.4 is 4.74 Å². The maximum absolute atomic E-state index is 12.3. The van der Waals surface area contributed by atoms with Crippen molar-refractivity contribution in [2.45, 2.75) is 6.54 Å². The quantitative estimate of drug-likeness (QED) is 0.717. The van der Waals surface area contributed by atoms with Crippen molar-refractivity contribution in [3.05, 3.63) is 60.2 Å². The van der Waals surface area contributed by atoms with Crippen molar-refractivity contribution in [1.82, 2.24) is 20.0 Å². The number of carbonyl (C=O) groups is 1. The van der Waals surface area contributed by atoms with Gasteiger partial charge in [0.05, 0.1) is 19.2 Å². The summed E-state index contributed by atoms with van der Waals surface area (Å²) in [6.07, 6.45) is 3.14. The van der Waals surface area contributed by atoms with Crippen molar-refractivity contribution in [3.63, 3.8) is 0 Å². The summed E-state index contributed by atoms with van der Waals surface area (Å²) in [4.78, 5) is 22.1. The van der Waals surface area contributed by atoms with Crippen LogP contribution in [0.4, 0.5) is 0 Å². The van der Waals surface area contributed by atoms with Crippen LogP contribution in [0.5, 0.6) is 5.75 Å². The molecule has 24 heavy (non-hydrogen) atoms. The number of carbonyl (C=O) groups excluding carboxylic acids is 1. The molecule has 2 heterocycles. The number of methoxy groups -OCH3 is 1. The van der Waals surface area contributed by atoms with Gasteiger partial charge in [0.1, 0.15) is 5.75 Å². The number of amides is 1. The summed E-state index contributed by atoms with van der Waals surface area (Å²) in [5, 5.41) is 3.95. The minimum absolute atomic E-state index is 0.163. The third-order valence-electron chi connectivity index (χ3n) is 3.42. The van der Waals surface area contributed by atoms with Gasteiger partial charge in [0.25, 0.3) is 5.91 Å². The van der Waals surface area contributed by atoms with E-state index in [1.807, 2.05) is 24.3 Å². The molecular weight excluding hydrogens is 308 g/mol. The van der Waals surface area contributed by atoms with Gasteiger partial charge in [-0.05, 0) is 24.3 Å². The Hall–Kier alpha value is -3.22. The monoisotopic (exact) mass is 324 g/mol. The van der Waals surface area contributed by atoms with Crippen LogP contribution in [0.25, 0.3) is 11.4 Å². The number of rotatable bonds is 5. The number of aromatic nitrogens is 3. The number of pyridine rings is 1. The zero-order valence-corrected chi connectivity index (χ0v) is 13.3. The van der Waals surface area contributed by atoms with Gasteiger partial charge in [0, 0.05) is 25.0 Å². The van der Waals surface area contributed by atoms with Crippen molar-refractivity contribution in [1.29, 1.82) is 0 Å². The first-order chi connectivity index (χ1) is 11.7. The normalized spacial score (nSPS) is 10.4. The fourth-order valence-corrected chi connectivity index (χ4v) is 2.18. The van der Waals surface area contributed by atoms with Gasteiger partial charge in [-0.1, -0.05) is 17.3 Å². The van der Waals surface area contributed by atoms with Crippen LogP contribution in [0.2, 0.25) is 0 Å². The van der Waals surface area contributed by atoms with E-state index in [2.05, 4.69) is 15.1 Å². The Labute approximate surface area is 138 Å². The van der Waals surface area contributed by atoms with E-state index in [-0.39, 0.29) is 12.5 Å². The lowest BCUT2D eigenvalue weighted by Crippen LogP contribution is -2.26. The molecule has 3 rings (SSSR count). The molecule has 1 aromatic carbocycles. The molecule has 0 bridgehead atoms. The predicted octanol–water partition coefficient (Wildman–Crippen LogP) is 2.41. The van der Waals surface area contributed by atoms with E-state index < -0.39 is 0 Å². The Morgan fingerprint density at radius 3 is 2.92 bits per heavy atom. The molecule has 1 amide bonds. The fourth-order valence-electron chi connectivity index (χ4n) is 2.18. The van der Waals surface area contributed by atoms with Gasteiger partial charge in [0.2, 0.25) is 11.7 Å². The van der Waals surface area contributed by atoms with Crippen LogP contribution in [-0.2, 0) is 6.54 Å². The Bertz CT molecular complexity index is 833. The first kappa shape index (κ1) is 15.7. The Morgan fingerprint density at radius 2 is 2.17 bits per heavy atom. The average Bonchev–Trinajstić information content (AvgIpc) is 3.10. The maximum Gasteiger partial charge on any atom is 0.255 e. The van der Waals surface area contributed by atoms with Crippen LogP contribution in [-0.4, -0.2) is 40.1 Å². The van der Waals surface area contributed by atoms with Crippen molar-refractivity contribution in [2.75, 3.05) is 14.2 Å². The van der Waals surface area contributed by atoms with Crippen LogP contribution in [0.3, 0.4) is 0 Å². The van der Waals surface area contributed by atoms with Gasteiger partial charge in [0.15, 0.2) is 0 Å². The summed E-state index contributed by atoms with van der Waals surface area (Å²) >= 11 is 0. The van der Waals surface area contributed by atoms with E-state index in [1.54, 1.807) is 32.5 Å². The Morgan fingerprint density at radius 1 is 1.29 bits per heavy atom. The molecule has 0 aliphatic heterocycles. The standard InChI is InChI=1S/C17H16N4O3/c1-21(17(22)13-6-4-8-18-10-13)11-15-19-16(20-24-15)12-5-3-7-14(9-12)23-2/h3-10H,11H2,1-2H3. The van der Waals surface area contributed by atoms with E-state index in [0.717, 1.165) is 5.56 Å². The summed E-state index contributed by atoms with van der Waals surface area (Å²) in [5.74, 6) is 1.35. The third kappa shape index (κ3) is 3.40. The molecule has 3 aromatic rings. The molecule has 0 saturated carbocycles. The van der Waals surface area contributed by atoms with Crippen molar-refractivity contribution >= 4 is 5.91 Å². The van der Waals surface area contributed by atoms with Crippen LogP contribution in [0.15, 0.2) is 53.3 Å². The van der Waals surface area contributed by atoms with Crippen molar-refractivity contribution in [2.24, 2.45) is 0 Å². The minimum atomic E-state index is -0.163. The lowest BCUT2D eigenvalue weighted by Gasteiger charge is -2.14. The number of benzene rings is 1. The first-order valence-corrected chi connectivity index (χ1v) is 7.30. The molecule has 7 heteroatoms. The van der Waals surface area contributed by atoms with E-state index >= 15 is 0 Å². The summed E-state index contributed by atoms with van der Waals surface area (Å²) in [6.45, 7) is 0.213. The number of hydrogen-bond donors (Lipinski definition) is 0. The Balaban J connectivity index is 1.73. The minimum Gasteiger partial charge on any atom is -0.497 e. The highest BCUT2D eigenvalue weighted by Gasteiger charge is 2.16. The van der Waals surface area contributed by atoms with Crippen LogP contribution >= 0.6 is 0 Å². The first-order valence-electron chi connectivity index (χ1n) is 7.30. The van der Waals surface area contributed by atoms with Crippen molar-refractivity contribution < 1.29 is 14.1 Å². The lowest BCUT2D eigenvalue weighted by atomic mass is 10.2. The molecule has 0 unspecified atom stereocenters. The van der Waals surface area contributed by atoms with Gasteiger partial charge >= 0.3 is 0 Å². The molecule has 2 aromatic heterocycles. The molecule has 0 saturated heterocycles. The average molecular weight is 324 g/mol. The van der Waals surface area contributed by atoms with E-state index in [4.69, 9.17) is 9.26 Å². The molecule has 0 radical (unpaired) electrons. The molecule has 0 aliphatic rings. The highest BCUT2D eigenvalue weighted by Crippen LogP contribution is 2.21. The Kier molecular flexibility index (Phi) is 4.51. The zero-order valence-electron chi connectivity index (χ0n) is 13.3. The molecule has 122 valence electrons. The number of ether oxygens (including phenoxy) is 1. The second-order valence-corrected chi connectivity index (χ2v) is 5.15. The number of hydrogen-bond acceptors (Lipinski definition) is 6. The van der Waals surface area contributed by atoms with Crippen LogP contribution in [0, 0.1) is 0 Å². The number of nitrogens with zero attached hydrogens (tertiary/aromatic N) is 4. The molecule has 0 atom stereocenters. The van der Waals surface area contributed by atoms with E-state index in [9.17, 15) is 4.79 Å². The predicted molar refractivity (Wildman–Crippen MR) is 86.3 cm³/mol. The van der Waals surface area contributed by atoms with Crippen LogP contribution in [0.1, 0.15) is 16.2 Å². The SMILES string of the molecule is COc1cccc(-c2noc(CN(C)C(=O)c3cccnc3)n2)c1. The highest BCUT2D eigenvalue weighted by molar-refractivity contribution is 5.93. The van der Waals surface area contributed by atoms with Crippen molar-refractivity contribution in [3.8, 4) is 17.1 Å². The van der Waals surface area contributed by atoms with Gasteiger partial charge in [-0.3, -0.25) is 9.78 Å². The van der Waals surface area contributed by atoms with Gasteiger partial charge in [-0.25, -0.2) is 0 Å². The molecule has 0 spiro atoms. The maximum atomic E-state index is 12.3. The third-order valence-corrected chi connectivity index (χ3v) is 3.42. The van der Waals surface area contributed by atoms with E-state index in [1.165, 1.54) is 11.1 Å². The topological polar surface area (TPSA) is 81.4 Å². The molecule has 0 aliphatic carbocycles. The van der Waals surface area contributed by atoms with E-state index in [0.29, 0.717) is 23.0 Å². The summed E-state index contributed by atoms with van der Waals surface area (Å²) in [5.41, 5.74) is 1.29. The smallest absolute Gasteiger partial charge is 0.255 e. The summed E-state index contributed by atoms with van der Waals surface area (Å²) in [6, 6.07) is 10.8. The summed E-state index contributed by atoms with van der Waals surface area (Å²) in [7, 11) is 3.27. The fraction of sp³-hybridized carbons (Fsp3) is 0.176. The highest BCUT2D eigenvalue weighted by atomic mass is 16.5. The molecule has 7 nitrogen and oxygen atoms in total. The van der Waals surface area contributed by atoms with Gasteiger partial charge < -0.3 is 14.2 Å². The largest absolute Gasteiger partial charge is 0.497 e. The van der Waals surface area contributed by atoms with Gasteiger partial charge in [-0.2, -0.15) is 4.98 Å². The molecule has 0 fully saturated rings. The second-order valence-electron chi connectivity index (χ2n) is 5.15. The van der Waals surface area contributed by atoms with Gasteiger partial charge in [-0.15, -0.1) is 0 Å². The zero-order chi connectivity index (χ0) is 16.9.